The monoisotopic (exact) mass is 358 g/mol. The van der Waals surface area contributed by atoms with Crippen LogP contribution in [0.25, 0.3) is 0 Å². The third-order valence-corrected chi connectivity index (χ3v) is 5.71. The van der Waals surface area contributed by atoms with E-state index in [2.05, 4.69) is 36.6 Å². The Morgan fingerprint density at radius 1 is 1.32 bits per heavy atom. The highest BCUT2D eigenvalue weighted by Gasteiger charge is 2.47. The maximum absolute atomic E-state index is 11.7. The summed E-state index contributed by atoms with van der Waals surface area (Å²) >= 11 is 1.76. The van der Waals surface area contributed by atoms with E-state index in [4.69, 9.17) is 4.74 Å². The maximum Gasteiger partial charge on any atom is 0.341 e. The van der Waals surface area contributed by atoms with E-state index in [1.165, 1.54) is 12.0 Å². The van der Waals surface area contributed by atoms with Crippen molar-refractivity contribution in [3.05, 3.63) is 40.3 Å². The van der Waals surface area contributed by atoms with Gasteiger partial charge in [-0.15, -0.1) is 0 Å². The van der Waals surface area contributed by atoms with Gasteiger partial charge in [0.2, 0.25) is 5.95 Å². The number of hydrogen-bond acceptors (Lipinski definition) is 7. The topological polar surface area (TPSA) is 58.6 Å². The van der Waals surface area contributed by atoms with Gasteiger partial charge in [-0.2, -0.15) is 11.3 Å². The molecule has 2 fully saturated rings. The molecule has 2 saturated heterocycles. The molecule has 25 heavy (non-hydrogen) atoms. The molecule has 0 aromatic carbocycles. The number of esters is 1. The molecule has 1 spiro atoms. The van der Waals surface area contributed by atoms with Crippen LogP contribution >= 0.6 is 11.3 Å². The Balaban J connectivity index is 1.33. The van der Waals surface area contributed by atoms with Gasteiger partial charge in [0.15, 0.2) is 0 Å². The van der Waals surface area contributed by atoms with Crippen molar-refractivity contribution < 1.29 is 9.53 Å². The first-order valence-electron chi connectivity index (χ1n) is 8.65. The third-order valence-electron chi connectivity index (χ3n) is 4.97. The van der Waals surface area contributed by atoms with Crippen molar-refractivity contribution in [2.75, 3.05) is 37.7 Å². The van der Waals surface area contributed by atoms with Gasteiger partial charge in [-0.25, -0.2) is 14.8 Å². The molecule has 2 aromatic heterocycles. The van der Waals surface area contributed by atoms with E-state index >= 15 is 0 Å². The van der Waals surface area contributed by atoms with Crippen molar-refractivity contribution in [3.8, 4) is 0 Å². The summed E-state index contributed by atoms with van der Waals surface area (Å²) in [7, 11) is 0. The largest absolute Gasteiger partial charge is 0.462 e. The van der Waals surface area contributed by atoms with Crippen molar-refractivity contribution >= 4 is 23.3 Å². The summed E-state index contributed by atoms with van der Waals surface area (Å²) in [6, 6.07) is 2.20. The number of ether oxygens (including phenoxy) is 1. The van der Waals surface area contributed by atoms with Crippen LogP contribution in [0.2, 0.25) is 0 Å². The Hall–Kier alpha value is -1.99. The molecule has 2 aliphatic heterocycles. The summed E-state index contributed by atoms with van der Waals surface area (Å²) in [6.07, 6.45) is 4.31. The van der Waals surface area contributed by atoms with Gasteiger partial charge in [0.1, 0.15) is 0 Å². The first kappa shape index (κ1) is 16.5. The van der Waals surface area contributed by atoms with Crippen LogP contribution in [0.15, 0.2) is 29.2 Å². The molecule has 7 heteroatoms. The zero-order valence-electron chi connectivity index (χ0n) is 14.4. The molecule has 4 rings (SSSR count). The zero-order valence-corrected chi connectivity index (χ0v) is 15.2. The van der Waals surface area contributed by atoms with Crippen molar-refractivity contribution in [1.82, 2.24) is 14.9 Å². The molecule has 0 atom stereocenters. The number of aromatic nitrogens is 2. The van der Waals surface area contributed by atoms with E-state index in [9.17, 15) is 4.79 Å². The first-order chi connectivity index (χ1) is 12.2. The maximum atomic E-state index is 11.7. The highest BCUT2D eigenvalue weighted by molar-refractivity contribution is 7.07. The quantitative estimate of drug-likeness (QED) is 0.765. The molecule has 0 radical (unpaired) electrons. The lowest BCUT2D eigenvalue weighted by Gasteiger charge is -2.48. The van der Waals surface area contributed by atoms with Gasteiger partial charge in [0.05, 0.1) is 12.2 Å². The van der Waals surface area contributed by atoms with Crippen molar-refractivity contribution in [3.63, 3.8) is 0 Å². The van der Waals surface area contributed by atoms with E-state index in [-0.39, 0.29) is 5.97 Å². The summed E-state index contributed by atoms with van der Waals surface area (Å²) in [5, 5.41) is 4.37. The van der Waals surface area contributed by atoms with E-state index in [0.29, 0.717) is 23.5 Å². The van der Waals surface area contributed by atoms with Crippen LogP contribution in [0.1, 0.15) is 29.3 Å². The molecule has 0 N–H and O–H groups in total. The summed E-state index contributed by atoms with van der Waals surface area (Å²) in [4.78, 5) is 25.2. The smallest absolute Gasteiger partial charge is 0.341 e. The van der Waals surface area contributed by atoms with Gasteiger partial charge in [-0.05, 0) is 35.7 Å². The summed E-state index contributed by atoms with van der Waals surface area (Å²) in [5.41, 5.74) is 2.19. The van der Waals surface area contributed by atoms with Crippen LogP contribution < -0.4 is 4.90 Å². The highest BCUT2D eigenvalue weighted by Crippen LogP contribution is 2.41. The molecular weight excluding hydrogens is 336 g/mol. The minimum Gasteiger partial charge on any atom is -0.462 e. The van der Waals surface area contributed by atoms with E-state index < -0.39 is 0 Å². The molecule has 0 amide bonds. The van der Waals surface area contributed by atoms with Crippen LogP contribution in [-0.2, 0) is 11.3 Å². The fraction of sp³-hybridized carbons (Fsp3) is 0.500. The fourth-order valence-corrected chi connectivity index (χ4v) is 4.48. The van der Waals surface area contributed by atoms with Gasteiger partial charge in [-0.1, -0.05) is 0 Å². The number of carbonyl (C=O) groups excluding carboxylic acids is 1. The zero-order chi connectivity index (χ0) is 17.3. The highest BCUT2D eigenvalue weighted by atomic mass is 32.1. The Kier molecular flexibility index (Phi) is 4.43. The van der Waals surface area contributed by atoms with Crippen LogP contribution in [0.5, 0.6) is 0 Å². The number of thiophene rings is 1. The fourth-order valence-electron chi connectivity index (χ4n) is 3.82. The lowest BCUT2D eigenvalue weighted by atomic mass is 9.79. The van der Waals surface area contributed by atoms with Crippen LogP contribution in [-0.4, -0.2) is 53.6 Å². The second-order valence-corrected chi connectivity index (χ2v) is 7.72. The molecular formula is C18H22N4O2S. The van der Waals surface area contributed by atoms with Crippen molar-refractivity contribution in [1.29, 1.82) is 0 Å². The van der Waals surface area contributed by atoms with Crippen LogP contribution in [0.4, 0.5) is 5.95 Å². The van der Waals surface area contributed by atoms with Crippen LogP contribution in [0.3, 0.4) is 0 Å². The lowest BCUT2D eigenvalue weighted by Crippen LogP contribution is -2.56. The Morgan fingerprint density at radius 3 is 2.80 bits per heavy atom. The van der Waals surface area contributed by atoms with E-state index in [0.717, 1.165) is 32.7 Å². The minimum absolute atomic E-state index is 0.358. The summed E-state index contributed by atoms with van der Waals surface area (Å²) in [6.45, 7) is 7.45. The molecule has 0 bridgehead atoms. The predicted octanol–water partition coefficient (Wildman–Crippen LogP) is 2.43. The minimum atomic E-state index is -0.366. The van der Waals surface area contributed by atoms with Gasteiger partial charge >= 0.3 is 5.97 Å². The average Bonchev–Trinajstić information content (AvgIpc) is 3.25. The second kappa shape index (κ2) is 6.72. The Labute approximate surface area is 151 Å². The van der Waals surface area contributed by atoms with Crippen molar-refractivity contribution in [2.24, 2.45) is 5.41 Å². The number of anilines is 1. The van der Waals surface area contributed by atoms with E-state index in [1.807, 2.05) is 0 Å². The number of hydrogen-bond donors (Lipinski definition) is 0. The normalized spacial score (nSPS) is 19.2. The standard InChI is InChI=1S/C18H22N4O2S/c1-2-24-16(23)15-7-19-17(20-8-15)22-5-4-18(13-22)11-21(12-18)9-14-3-6-25-10-14/h3,6-8,10H,2,4-5,9,11-13H2,1H3. The Bertz CT molecular complexity index is 726. The molecule has 6 nitrogen and oxygen atoms in total. The SMILES string of the molecule is CCOC(=O)c1cnc(N2CCC3(CN(Cc4ccsc4)C3)C2)nc1. The molecule has 2 aliphatic rings. The molecule has 0 aliphatic carbocycles. The van der Waals surface area contributed by atoms with Gasteiger partial charge in [0, 0.05) is 50.5 Å². The second-order valence-electron chi connectivity index (χ2n) is 6.94. The summed E-state index contributed by atoms with van der Waals surface area (Å²) < 4.78 is 4.97. The predicted molar refractivity (Wildman–Crippen MR) is 96.8 cm³/mol. The average molecular weight is 358 g/mol. The van der Waals surface area contributed by atoms with E-state index in [1.54, 1.807) is 30.7 Å². The van der Waals surface area contributed by atoms with Crippen LogP contribution in [0, 0.1) is 5.41 Å². The number of nitrogens with zero attached hydrogens (tertiary/aromatic N) is 4. The first-order valence-corrected chi connectivity index (χ1v) is 9.59. The third kappa shape index (κ3) is 3.39. The number of likely N-dealkylation sites (tertiary alicyclic amines) is 1. The molecule has 0 unspecified atom stereocenters. The molecule has 0 saturated carbocycles. The van der Waals surface area contributed by atoms with Gasteiger partial charge in [-0.3, -0.25) is 4.90 Å². The van der Waals surface area contributed by atoms with Crippen molar-refractivity contribution in [2.45, 2.75) is 19.9 Å². The molecule has 132 valence electrons. The van der Waals surface area contributed by atoms with Gasteiger partial charge in [0.25, 0.3) is 0 Å². The number of rotatable bonds is 5. The number of carbonyl (C=O) groups is 1. The lowest BCUT2D eigenvalue weighted by molar-refractivity contribution is 0.0117. The summed E-state index contributed by atoms with van der Waals surface area (Å²) in [5.74, 6) is 0.344. The molecule has 4 heterocycles. The molecule has 2 aromatic rings. The Morgan fingerprint density at radius 2 is 2.12 bits per heavy atom. The van der Waals surface area contributed by atoms with Gasteiger partial charge < -0.3 is 9.64 Å².